The number of carboxylic acid groups (broad SMARTS) is 1. The standard InChI is InChI=1S/C11H19N3O2/c1-3-5-12-10(11(15)16)4-6-14-8-9(2)7-13-14/h7-8,10,12H,3-6H2,1-2H3,(H,15,16). The second-order valence-electron chi connectivity index (χ2n) is 3.91. The Bertz CT molecular complexity index is 336. The van der Waals surface area contributed by atoms with E-state index in [1.54, 1.807) is 10.9 Å². The molecule has 0 amide bonds. The molecule has 0 fully saturated rings. The first kappa shape index (κ1) is 12.7. The van der Waals surface area contributed by atoms with Crippen LogP contribution in [0.4, 0.5) is 0 Å². The van der Waals surface area contributed by atoms with Crippen LogP contribution in [0.1, 0.15) is 25.3 Å². The molecule has 0 aliphatic rings. The van der Waals surface area contributed by atoms with Crippen molar-refractivity contribution in [1.82, 2.24) is 15.1 Å². The van der Waals surface area contributed by atoms with Crippen LogP contribution in [0, 0.1) is 6.92 Å². The van der Waals surface area contributed by atoms with Crippen LogP contribution in [-0.4, -0.2) is 33.4 Å². The molecule has 90 valence electrons. The molecule has 1 unspecified atom stereocenters. The molecule has 5 nitrogen and oxygen atoms in total. The molecule has 0 bridgehead atoms. The molecule has 1 atom stereocenters. The summed E-state index contributed by atoms with van der Waals surface area (Å²) in [6.07, 6.45) is 5.18. The van der Waals surface area contributed by atoms with Gasteiger partial charge in [-0.25, -0.2) is 0 Å². The van der Waals surface area contributed by atoms with Crippen molar-refractivity contribution in [2.75, 3.05) is 6.54 Å². The Hall–Kier alpha value is -1.36. The number of aliphatic carboxylic acids is 1. The van der Waals surface area contributed by atoms with Crippen molar-refractivity contribution < 1.29 is 9.90 Å². The summed E-state index contributed by atoms with van der Waals surface area (Å²) in [7, 11) is 0. The van der Waals surface area contributed by atoms with Gasteiger partial charge in [-0.2, -0.15) is 5.10 Å². The van der Waals surface area contributed by atoms with E-state index in [2.05, 4.69) is 10.4 Å². The highest BCUT2D eigenvalue weighted by Crippen LogP contribution is 1.99. The highest BCUT2D eigenvalue weighted by atomic mass is 16.4. The van der Waals surface area contributed by atoms with Gasteiger partial charge in [0, 0.05) is 12.7 Å². The Balaban J connectivity index is 2.40. The van der Waals surface area contributed by atoms with Crippen molar-refractivity contribution in [2.45, 2.75) is 39.3 Å². The molecule has 0 saturated carbocycles. The zero-order valence-electron chi connectivity index (χ0n) is 9.81. The summed E-state index contributed by atoms with van der Waals surface area (Å²) in [4.78, 5) is 10.9. The van der Waals surface area contributed by atoms with Crippen molar-refractivity contribution in [3.05, 3.63) is 18.0 Å². The van der Waals surface area contributed by atoms with Gasteiger partial charge in [0.15, 0.2) is 0 Å². The number of hydrogen-bond acceptors (Lipinski definition) is 3. The van der Waals surface area contributed by atoms with E-state index < -0.39 is 12.0 Å². The lowest BCUT2D eigenvalue weighted by Gasteiger charge is -2.13. The molecule has 0 aromatic carbocycles. The molecule has 1 aromatic heterocycles. The molecule has 1 aromatic rings. The van der Waals surface area contributed by atoms with Gasteiger partial charge in [-0.05, 0) is 31.9 Å². The van der Waals surface area contributed by atoms with Crippen molar-refractivity contribution in [3.63, 3.8) is 0 Å². The first-order valence-electron chi connectivity index (χ1n) is 5.58. The van der Waals surface area contributed by atoms with Gasteiger partial charge in [-0.15, -0.1) is 0 Å². The van der Waals surface area contributed by atoms with Gasteiger partial charge in [0.05, 0.1) is 6.20 Å². The van der Waals surface area contributed by atoms with E-state index >= 15 is 0 Å². The predicted octanol–water partition coefficient (Wildman–Crippen LogP) is 1.03. The minimum atomic E-state index is -0.794. The average Bonchev–Trinajstić information content (AvgIpc) is 2.64. The van der Waals surface area contributed by atoms with Crippen LogP contribution in [-0.2, 0) is 11.3 Å². The maximum Gasteiger partial charge on any atom is 0.320 e. The van der Waals surface area contributed by atoms with Gasteiger partial charge >= 0.3 is 5.97 Å². The molecule has 2 N–H and O–H groups in total. The van der Waals surface area contributed by atoms with Crippen molar-refractivity contribution in [3.8, 4) is 0 Å². The van der Waals surface area contributed by atoms with Crippen LogP contribution >= 0.6 is 0 Å². The fraction of sp³-hybridized carbons (Fsp3) is 0.636. The maximum atomic E-state index is 10.9. The van der Waals surface area contributed by atoms with Gasteiger partial charge in [-0.1, -0.05) is 6.92 Å². The largest absolute Gasteiger partial charge is 0.480 e. The summed E-state index contributed by atoms with van der Waals surface area (Å²) in [6, 6.07) is -0.482. The molecular weight excluding hydrogens is 206 g/mol. The number of nitrogens with one attached hydrogen (secondary N) is 1. The Labute approximate surface area is 95.5 Å². The third-order valence-corrected chi connectivity index (χ3v) is 2.35. The molecule has 1 heterocycles. The minimum Gasteiger partial charge on any atom is -0.480 e. The Morgan fingerprint density at radius 1 is 1.69 bits per heavy atom. The monoisotopic (exact) mass is 225 g/mol. The van der Waals surface area contributed by atoms with E-state index in [1.807, 2.05) is 20.0 Å². The highest BCUT2D eigenvalue weighted by molar-refractivity contribution is 5.73. The number of carboxylic acids is 1. The number of aromatic nitrogens is 2. The number of carbonyl (C=O) groups is 1. The van der Waals surface area contributed by atoms with E-state index in [-0.39, 0.29) is 0 Å². The van der Waals surface area contributed by atoms with Gasteiger partial charge in [0.1, 0.15) is 6.04 Å². The quantitative estimate of drug-likeness (QED) is 0.727. The molecule has 5 heteroatoms. The molecule has 0 aliphatic heterocycles. The average molecular weight is 225 g/mol. The van der Waals surface area contributed by atoms with Crippen molar-refractivity contribution in [1.29, 1.82) is 0 Å². The molecule has 0 saturated heterocycles. The van der Waals surface area contributed by atoms with E-state index in [1.165, 1.54) is 0 Å². The summed E-state index contributed by atoms with van der Waals surface area (Å²) < 4.78 is 1.78. The minimum absolute atomic E-state index is 0.482. The number of rotatable bonds is 7. The predicted molar refractivity (Wildman–Crippen MR) is 61.3 cm³/mol. The highest BCUT2D eigenvalue weighted by Gasteiger charge is 2.15. The lowest BCUT2D eigenvalue weighted by molar-refractivity contribution is -0.139. The summed E-state index contributed by atoms with van der Waals surface area (Å²) in [6.45, 7) is 5.34. The number of aryl methyl sites for hydroxylation is 2. The summed E-state index contributed by atoms with van der Waals surface area (Å²) in [5.41, 5.74) is 1.09. The van der Waals surface area contributed by atoms with Crippen LogP contribution in [0.5, 0.6) is 0 Å². The number of hydrogen-bond donors (Lipinski definition) is 2. The van der Waals surface area contributed by atoms with E-state index in [9.17, 15) is 4.79 Å². The van der Waals surface area contributed by atoms with E-state index in [0.717, 1.165) is 18.5 Å². The van der Waals surface area contributed by atoms with Crippen LogP contribution in [0.25, 0.3) is 0 Å². The van der Waals surface area contributed by atoms with Gasteiger partial charge in [-0.3, -0.25) is 9.48 Å². The summed E-state index contributed by atoms with van der Waals surface area (Å²) >= 11 is 0. The molecule has 16 heavy (non-hydrogen) atoms. The Kier molecular flexibility index (Phi) is 4.98. The normalized spacial score (nSPS) is 12.6. The van der Waals surface area contributed by atoms with Crippen LogP contribution in [0.2, 0.25) is 0 Å². The molecule has 0 spiro atoms. The third-order valence-electron chi connectivity index (χ3n) is 2.35. The maximum absolute atomic E-state index is 10.9. The van der Waals surface area contributed by atoms with Crippen LogP contribution in [0.3, 0.4) is 0 Å². The first-order valence-corrected chi connectivity index (χ1v) is 5.58. The zero-order valence-corrected chi connectivity index (χ0v) is 9.81. The molecule has 1 rings (SSSR count). The van der Waals surface area contributed by atoms with Crippen LogP contribution in [0.15, 0.2) is 12.4 Å². The molecular formula is C11H19N3O2. The lowest BCUT2D eigenvalue weighted by atomic mass is 10.2. The Morgan fingerprint density at radius 3 is 2.94 bits per heavy atom. The van der Waals surface area contributed by atoms with Crippen molar-refractivity contribution in [2.24, 2.45) is 0 Å². The topological polar surface area (TPSA) is 67.2 Å². The zero-order chi connectivity index (χ0) is 12.0. The second-order valence-corrected chi connectivity index (χ2v) is 3.91. The fourth-order valence-electron chi connectivity index (χ4n) is 1.48. The summed E-state index contributed by atoms with van der Waals surface area (Å²) in [5.74, 6) is -0.794. The summed E-state index contributed by atoms with van der Waals surface area (Å²) in [5, 5.41) is 16.1. The van der Waals surface area contributed by atoms with Crippen LogP contribution < -0.4 is 5.32 Å². The lowest BCUT2D eigenvalue weighted by Crippen LogP contribution is -2.37. The second kappa shape index (κ2) is 6.27. The van der Waals surface area contributed by atoms with Gasteiger partial charge < -0.3 is 10.4 Å². The van der Waals surface area contributed by atoms with Crippen molar-refractivity contribution >= 4 is 5.97 Å². The first-order chi connectivity index (χ1) is 7.63. The van der Waals surface area contributed by atoms with Gasteiger partial charge in [0.25, 0.3) is 0 Å². The fourth-order valence-corrected chi connectivity index (χ4v) is 1.48. The number of nitrogens with zero attached hydrogens (tertiary/aromatic N) is 2. The van der Waals surface area contributed by atoms with E-state index in [0.29, 0.717) is 13.0 Å². The Morgan fingerprint density at radius 2 is 2.44 bits per heavy atom. The SMILES string of the molecule is CCCNC(CCn1cc(C)cn1)C(=O)O. The smallest absolute Gasteiger partial charge is 0.320 e. The third kappa shape index (κ3) is 4.02. The molecule has 0 radical (unpaired) electrons. The van der Waals surface area contributed by atoms with Gasteiger partial charge in [0.2, 0.25) is 0 Å². The van der Waals surface area contributed by atoms with E-state index in [4.69, 9.17) is 5.11 Å². The molecule has 0 aliphatic carbocycles.